The van der Waals surface area contributed by atoms with E-state index in [1.165, 1.54) is 0 Å². The molecule has 0 aliphatic heterocycles. The van der Waals surface area contributed by atoms with E-state index in [2.05, 4.69) is 10.6 Å². The van der Waals surface area contributed by atoms with Crippen LogP contribution in [0.25, 0.3) is 0 Å². The molecule has 0 aromatic heterocycles. The Morgan fingerprint density at radius 2 is 1.76 bits per heavy atom. The van der Waals surface area contributed by atoms with E-state index < -0.39 is 0 Å². The van der Waals surface area contributed by atoms with E-state index in [4.69, 9.17) is 4.74 Å². The molecule has 2 rings (SSSR count). The zero-order valence-corrected chi connectivity index (χ0v) is 12.5. The number of nitrogens with one attached hydrogen (secondary N) is 2. The predicted molar refractivity (Wildman–Crippen MR) is 79.7 cm³/mol. The molecule has 1 aromatic rings. The molecule has 21 heavy (non-hydrogen) atoms. The molecule has 1 aliphatic rings. The number of benzene rings is 1. The number of hydrogen-bond acceptors (Lipinski definition) is 3. The fourth-order valence-corrected chi connectivity index (χ4v) is 2.22. The van der Waals surface area contributed by atoms with Crippen LogP contribution in [0.1, 0.15) is 25.3 Å². The number of ether oxygens (including phenoxy) is 1. The Kier molecular flexibility index (Phi) is 5.20. The van der Waals surface area contributed by atoms with E-state index in [0.29, 0.717) is 19.5 Å². The summed E-state index contributed by atoms with van der Waals surface area (Å²) in [5.41, 5.74) is 1.01. The van der Waals surface area contributed by atoms with E-state index in [9.17, 15) is 9.59 Å². The summed E-state index contributed by atoms with van der Waals surface area (Å²) in [5, 5.41) is 5.71. The minimum absolute atomic E-state index is 0.00134. The Hall–Kier alpha value is -2.04. The van der Waals surface area contributed by atoms with Crippen LogP contribution in [0.15, 0.2) is 24.3 Å². The predicted octanol–water partition coefficient (Wildman–Crippen LogP) is 1.47. The maximum Gasteiger partial charge on any atom is 0.224 e. The van der Waals surface area contributed by atoms with E-state index in [-0.39, 0.29) is 23.7 Å². The maximum atomic E-state index is 12.0. The lowest BCUT2D eigenvalue weighted by molar-refractivity contribution is -0.127. The van der Waals surface area contributed by atoms with E-state index in [1.54, 1.807) is 7.11 Å². The van der Waals surface area contributed by atoms with E-state index in [0.717, 1.165) is 17.7 Å². The lowest BCUT2D eigenvalue weighted by Gasteiger charge is -2.06. The van der Waals surface area contributed by atoms with Crippen LogP contribution in [-0.4, -0.2) is 25.5 Å². The van der Waals surface area contributed by atoms with Crippen molar-refractivity contribution < 1.29 is 14.3 Å². The Morgan fingerprint density at radius 3 is 2.33 bits per heavy atom. The van der Waals surface area contributed by atoms with Crippen LogP contribution in [0.5, 0.6) is 5.75 Å². The first kappa shape index (κ1) is 15.4. The molecule has 2 unspecified atom stereocenters. The Labute approximate surface area is 125 Å². The molecule has 1 aliphatic carbocycles. The van der Waals surface area contributed by atoms with Crippen LogP contribution in [0.3, 0.4) is 0 Å². The van der Waals surface area contributed by atoms with Crippen molar-refractivity contribution in [3.63, 3.8) is 0 Å². The molecule has 1 saturated carbocycles. The molecule has 0 bridgehead atoms. The van der Waals surface area contributed by atoms with Gasteiger partial charge < -0.3 is 15.4 Å². The minimum atomic E-state index is -0.167. The highest BCUT2D eigenvalue weighted by atomic mass is 16.5. The van der Waals surface area contributed by atoms with Gasteiger partial charge in [-0.3, -0.25) is 9.59 Å². The van der Waals surface area contributed by atoms with Crippen molar-refractivity contribution >= 4 is 11.8 Å². The van der Waals surface area contributed by atoms with Crippen LogP contribution in [0, 0.1) is 11.8 Å². The first-order valence-electron chi connectivity index (χ1n) is 7.34. The number of carbonyl (C=O) groups is 2. The molecular weight excluding hydrogens is 268 g/mol. The van der Waals surface area contributed by atoms with Crippen molar-refractivity contribution in [1.82, 2.24) is 10.6 Å². The van der Waals surface area contributed by atoms with Crippen LogP contribution >= 0.6 is 0 Å². The van der Waals surface area contributed by atoms with Gasteiger partial charge in [0.05, 0.1) is 18.9 Å². The van der Waals surface area contributed by atoms with E-state index >= 15 is 0 Å². The van der Waals surface area contributed by atoms with Crippen molar-refractivity contribution in [1.29, 1.82) is 0 Å². The van der Waals surface area contributed by atoms with Gasteiger partial charge in [0, 0.05) is 13.1 Å². The Morgan fingerprint density at radius 1 is 1.14 bits per heavy atom. The summed E-state index contributed by atoms with van der Waals surface area (Å²) in [6.45, 7) is 3.16. The third-order valence-electron chi connectivity index (χ3n) is 3.64. The van der Waals surface area contributed by atoms with Crippen LogP contribution in [0.4, 0.5) is 0 Å². The molecule has 0 heterocycles. The summed E-state index contributed by atoms with van der Waals surface area (Å²) in [6, 6.07) is 7.55. The summed E-state index contributed by atoms with van der Waals surface area (Å²) in [7, 11) is 1.62. The molecular formula is C16H22N2O3. The minimum Gasteiger partial charge on any atom is -0.497 e. The highest BCUT2D eigenvalue weighted by Gasteiger charge is 2.47. The van der Waals surface area contributed by atoms with Crippen molar-refractivity contribution in [2.24, 2.45) is 11.8 Å². The average molecular weight is 290 g/mol. The van der Waals surface area contributed by atoms with Gasteiger partial charge in [0.15, 0.2) is 0 Å². The van der Waals surface area contributed by atoms with Crippen LogP contribution in [0.2, 0.25) is 0 Å². The quantitative estimate of drug-likeness (QED) is 0.799. The molecule has 0 radical (unpaired) electrons. The molecule has 0 saturated heterocycles. The highest BCUT2D eigenvalue weighted by Crippen LogP contribution is 2.38. The van der Waals surface area contributed by atoms with Gasteiger partial charge in [0.1, 0.15) is 5.75 Å². The second-order valence-electron chi connectivity index (χ2n) is 5.31. The summed E-state index contributed by atoms with van der Waals surface area (Å²) in [4.78, 5) is 23.7. The second kappa shape index (κ2) is 7.11. The van der Waals surface area contributed by atoms with Gasteiger partial charge in [-0.25, -0.2) is 0 Å². The molecule has 2 amide bonds. The first-order chi connectivity index (χ1) is 10.2. The number of carbonyl (C=O) groups excluding carboxylic acids is 2. The molecule has 1 aromatic carbocycles. The summed E-state index contributed by atoms with van der Waals surface area (Å²) < 4.78 is 5.08. The maximum absolute atomic E-state index is 12.0. The third-order valence-corrected chi connectivity index (χ3v) is 3.64. The normalized spacial score (nSPS) is 19.7. The van der Waals surface area contributed by atoms with Crippen LogP contribution in [-0.2, 0) is 16.1 Å². The fourth-order valence-electron chi connectivity index (χ4n) is 2.22. The standard InChI is InChI=1S/C16H22N2O3/c1-3-8-17-15(19)13-9-14(13)16(20)18-10-11-4-6-12(21-2)7-5-11/h4-7,13-14H,3,8-10H2,1-2H3,(H,17,19)(H,18,20). The molecule has 114 valence electrons. The second-order valence-corrected chi connectivity index (χ2v) is 5.31. The molecule has 5 heteroatoms. The van der Waals surface area contributed by atoms with Crippen molar-refractivity contribution in [2.45, 2.75) is 26.3 Å². The van der Waals surface area contributed by atoms with Crippen molar-refractivity contribution in [3.8, 4) is 5.75 Å². The first-order valence-corrected chi connectivity index (χ1v) is 7.34. The Balaban J connectivity index is 1.74. The van der Waals surface area contributed by atoms with Gasteiger partial charge in [-0.2, -0.15) is 0 Å². The molecule has 1 fully saturated rings. The molecule has 2 N–H and O–H groups in total. The van der Waals surface area contributed by atoms with Gasteiger partial charge in [0.25, 0.3) is 0 Å². The monoisotopic (exact) mass is 290 g/mol. The topological polar surface area (TPSA) is 67.4 Å². The summed E-state index contributed by atoms with van der Waals surface area (Å²) in [5.74, 6) is 0.441. The highest BCUT2D eigenvalue weighted by molar-refractivity contribution is 5.92. The summed E-state index contributed by atoms with van der Waals surface area (Å²) >= 11 is 0. The Bertz CT molecular complexity index is 499. The van der Waals surface area contributed by atoms with Gasteiger partial charge in [-0.1, -0.05) is 19.1 Å². The van der Waals surface area contributed by atoms with E-state index in [1.807, 2.05) is 31.2 Å². The van der Waals surface area contributed by atoms with Gasteiger partial charge in [-0.15, -0.1) is 0 Å². The van der Waals surface area contributed by atoms with Crippen molar-refractivity contribution in [3.05, 3.63) is 29.8 Å². The number of hydrogen-bond donors (Lipinski definition) is 2. The largest absolute Gasteiger partial charge is 0.497 e. The number of methoxy groups -OCH3 is 1. The van der Waals surface area contributed by atoms with Gasteiger partial charge >= 0.3 is 0 Å². The molecule has 0 spiro atoms. The fraction of sp³-hybridized carbons (Fsp3) is 0.500. The van der Waals surface area contributed by atoms with Gasteiger partial charge in [0.2, 0.25) is 11.8 Å². The lowest BCUT2D eigenvalue weighted by atomic mass is 10.2. The number of amides is 2. The lowest BCUT2D eigenvalue weighted by Crippen LogP contribution is -2.30. The number of rotatable bonds is 7. The smallest absolute Gasteiger partial charge is 0.224 e. The van der Waals surface area contributed by atoms with Crippen molar-refractivity contribution in [2.75, 3.05) is 13.7 Å². The zero-order valence-electron chi connectivity index (χ0n) is 12.5. The molecule has 5 nitrogen and oxygen atoms in total. The third kappa shape index (κ3) is 4.21. The molecule has 2 atom stereocenters. The van der Waals surface area contributed by atoms with Crippen LogP contribution < -0.4 is 15.4 Å². The SMILES string of the molecule is CCCNC(=O)C1CC1C(=O)NCc1ccc(OC)cc1. The summed E-state index contributed by atoms with van der Waals surface area (Å²) in [6.07, 6.45) is 1.57. The average Bonchev–Trinajstić information content (AvgIpc) is 3.31. The van der Waals surface area contributed by atoms with Gasteiger partial charge in [-0.05, 0) is 30.5 Å². The zero-order chi connectivity index (χ0) is 15.2.